The fourth-order valence-electron chi connectivity index (χ4n) is 8.47. The molecule has 11 rings (SSSR count). The largest absolute Gasteiger partial charge is 0.456 e. The summed E-state index contributed by atoms with van der Waals surface area (Å²) < 4.78 is 9.16. The van der Waals surface area contributed by atoms with Crippen molar-refractivity contribution < 1.29 is 4.42 Å². The van der Waals surface area contributed by atoms with E-state index in [4.69, 9.17) is 9.41 Å². The number of fused-ring (bicyclic) bond motifs is 10. The number of amidine groups is 1. The Labute approximate surface area is 299 Å². The molecule has 3 heterocycles. The van der Waals surface area contributed by atoms with Crippen LogP contribution in [0.5, 0.6) is 0 Å². The van der Waals surface area contributed by atoms with Crippen molar-refractivity contribution in [2.24, 2.45) is 4.99 Å². The summed E-state index contributed by atoms with van der Waals surface area (Å²) >= 11 is 1.84. The molecule has 0 saturated carbocycles. The number of para-hydroxylation sites is 1. The number of hydrogen-bond acceptors (Lipinski definition) is 4. The van der Waals surface area contributed by atoms with Gasteiger partial charge in [-0.15, -0.1) is 11.3 Å². The Morgan fingerprint density at radius 2 is 1.33 bits per heavy atom. The second-order valence-electron chi connectivity index (χ2n) is 13.9. The van der Waals surface area contributed by atoms with Gasteiger partial charge in [-0.2, -0.15) is 0 Å². The van der Waals surface area contributed by atoms with Crippen LogP contribution in [0, 0.1) is 0 Å². The zero-order chi connectivity index (χ0) is 33.5. The smallest absolute Gasteiger partial charge is 0.157 e. The third kappa shape index (κ3) is 4.60. The number of furan rings is 1. The molecule has 0 saturated heterocycles. The Morgan fingerprint density at radius 1 is 0.608 bits per heavy atom. The summed E-state index contributed by atoms with van der Waals surface area (Å²) in [5.74, 6) is 2.02. The summed E-state index contributed by atoms with van der Waals surface area (Å²) in [5.41, 5.74) is 11.0. The van der Waals surface area contributed by atoms with Crippen molar-refractivity contribution in [3.63, 3.8) is 0 Å². The molecule has 1 aliphatic heterocycles. The average molecular weight is 673 g/mol. The highest BCUT2D eigenvalue weighted by molar-refractivity contribution is 7.25. The van der Waals surface area contributed by atoms with Gasteiger partial charge in [-0.05, 0) is 99.5 Å². The number of rotatable bonds is 3. The van der Waals surface area contributed by atoms with Crippen molar-refractivity contribution in [1.29, 1.82) is 0 Å². The molecule has 0 amide bonds. The molecule has 7 aromatic carbocycles. The number of nitrogens with zero attached hydrogens (tertiary/aromatic N) is 1. The number of aryl methyl sites for hydroxylation is 1. The molecule has 2 unspecified atom stereocenters. The highest BCUT2D eigenvalue weighted by atomic mass is 32.1. The van der Waals surface area contributed by atoms with Gasteiger partial charge in [0.25, 0.3) is 0 Å². The predicted molar refractivity (Wildman–Crippen MR) is 214 cm³/mol. The van der Waals surface area contributed by atoms with E-state index >= 15 is 0 Å². The van der Waals surface area contributed by atoms with Gasteiger partial charge in [0.15, 0.2) is 5.76 Å². The highest BCUT2D eigenvalue weighted by Crippen LogP contribution is 2.45. The number of thiophene rings is 1. The third-order valence-electron chi connectivity index (χ3n) is 11.0. The lowest BCUT2D eigenvalue weighted by atomic mass is 9.85. The first kappa shape index (κ1) is 28.8. The zero-order valence-corrected chi connectivity index (χ0v) is 28.6. The average Bonchev–Trinajstić information content (AvgIpc) is 3.71. The predicted octanol–water partition coefficient (Wildman–Crippen LogP) is 12.7. The van der Waals surface area contributed by atoms with Crippen LogP contribution in [-0.2, 0) is 6.42 Å². The number of benzene rings is 7. The maximum absolute atomic E-state index is 6.57. The van der Waals surface area contributed by atoms with Gasteiger partial charge in [0.05, 0.1) is 5.69 Å². The Morgan fingerprint density at radius 3 is 2.24 bits per heavy atom. The van der Waals surface area contributed by atoms with Crippen LogP contribution in [0.25, 0.3) is 53.0 Å². The fraction of sp³-hybridized carbons (Fsp3) is 0.0851. The molecule has 0 fully saturated rings. The summed E-state index contributed by atoms with van der Waals surface area (Å²) in [4.78, 5) is 5.39. The molecule has 0 bridgehead atoms. The van der Waals surface area contributed by atoms with Gasteiger partial charge in [-0.3, -0.25) is 4.99 Å². The maximum atomic E-state index is 6.57. The van der Waals surface area contributed by atoms with Gasteiger partial charge >= 0.3 is 0 Å². The molecule has 0 radical (unpaired) electrons. The van der Waals surface area contributed by atoms with E-state index in [9.17, 15) is 0 Å². The lowest BCUT2D eigenvalue weighted by Crippen LogP contribution is -2.21. The van der Waals surface area contributed by atoms with Gasteiger partial charge < -0.3 is 9.73 Å². The summed E-state index contributed by atoms with van der Waals surface area (Å²) in [6.45, 7) is 0. The molecule has 2 aliphatic rings. The van der Waals surface area contributed by atoms with E-state index in [0.717, 1.165) is 52.2 Å². The van der Waals surface area contributed by atoms with Crippen LogP contribution in [-0.4, -0.2) is 5.84 Å². The van der Waals surface area contributed by atoms with Crippen molar-refractivity contribution in [2.75, 3.05) is 5.32 Å². The lowest BCUT2D eigenvalue weighted by molar-refractivity contribution is 0.525. The van der Waals surface area contributed by atoms with Crippen molar-refractivity contribution in [1.82, 2.24) is 0 Å². The van der Waals surface area contributed by atoms with E-state index in [2.05, 4.69) is 145 Å². The number of aliphatic imine (C=N–C) groups is 1. The van der Waals surface area contributed by atoms with Crippen molar-refractivity contribution in [3.05, 3.63) is 185 Å². The second kappa shape index (κ2) is 11.3. The molecule has 2 atom stereocenters. The van der Waals surface area contributed by atoms with Gasteiger partial charge in [-0.25, -0.2) is 0 Å². The summed E-state index contributed by atoms with van der Waals surface area (Å²) in [7, 11) is 0. The Bertz CT molecular complexity index is 2860. The zero-order valence-electron chi connectivity index (χ0n) is 27.8. The van der Waals surface area contributed by atoms with E-state index in [1.54, 1.807) is 0 Å². The molecule has 1 aliphatic carbocycles. The molecule has 51 heavy (non-hydrogen) atoms. The number of anilines is 1. The Balaban J connectivity index is 1.00. The number of hydrogen-bond donors (Lipinski definition) is 1. The van der Waals surface area contributed by atoms with E-state index < -0.39 is 0 Å². The second-order valence-corrected chi connectivity index (χ2v) is 14.9. The first-order valence-corrected chi connectivity index (χ1v) is 18.6. The van der Waals surface area contributed by atoms with Gasteiger partial charge in [0.2, 0.25) is 0 Å². The fourth-order valence-corrected chi connectivity index (χ4v) is 9.56. The van der Waals surface area contributed by atoms with Crippen molar-refractivity contribution in [3.8, 4) is 11.1 Å². The van der Waals surface area contributed by atoms with Crippen molar-refractivity contribution >= 4 is 64.8 Å². The van der Waals surface area contributed by atoms with E-state index in [1.165, 1.54) is 58.8 Å². The monoisotopic (exact) mass is 672 g/mol. The molecule has 9 aromatic rings. The minimum Gasteiger partial charge on any atom is -0.456 e. The molecule has 1 N–H and O–H groups in total. The molecule has 4 heteroatoms. The van der Waals surface area contributed by atoms with Crippen LogP contribution in [0.15, 0.2) is 161 Å². The summed E-state index contributed by atoms with van der Waals surface area (Å²) in [6, 6.07) is 55.1. The normalized spacial score (nSPS) is 16.7. The van der Waals surface area contributed by atoms with Gasteiger partial charge in [-0.1, -0.05) is 109 Å². The highest BCUT2D eigenvalue weighted by Gasteiger charge is 2.31. The van der Waals surface area contributed by atoms with Gasteiger partial charge in [0.1, 0.15) is 17.5 Å². The molecular formula is C47H32N2OS. The Kier molecular flexibility index (Phi) is 6.37. The van der Waals surface area contributed by atoms with Crippen molar-refractivity contribution in [2.45, 2.75) is 24.8 Å². The van der Waals surface area contributed by atoms with Crippen LogP contribution < -0.4 is 5.32 Å². The quantitative estimate of drug-likeness (QED) is 0.203. The summed E-state index contributed by atoms with van der Waals surface area (Å²) in [5, 5.41) is 9.93. The van der Waals surface area contributed by atoms with Crippen LogP contribution in [0.3, 0.4) is 0 Å². The summed E-state index contributed by atoms with van der Waals surface area (Å²) in [6.07, 6.45) is 2.10. The molecule has 0 spiro atoms. The van der Waals surface area contributed by atoms with E-state index in [-0.39, 0.29) is 6.04 Å². The first-order chi connectivity index (χ1) is 25.2. The number of nitrogens with one attached hydrogen (secondary N) is 1. The molecule has 2 aromatic heterocycles. The lowest BCUT2D eigenvalue weighted by Gasteiger charge is -2.23. The molecule has 242 valence electrons. The first-order valence-electron chi connectivity index (χ1n) is 17.7. The van der Waals surface area contributed by atoms with Crippen LogP contribution in [0.1, 0.15) is 52.0 Å². The topological polar surface area (TPSA) is 37.5 Å². The molecule has 3 nitrogen and oxygen atoms in total. The van der Waals surface area contributed by atoms with Crippen LogP contribution in [0.4, 0.5) is 5.69 Å². The minimum atomic E-state index is -0.272. The SMILES string of the molecule is c1ccc2c(c1)-c1cc3ccccc3cc1CCC2c1ccc(C2N=C(c3ccc4sc5ccccc5c4c3)Nc3c2oc2ccccc32)cc1. The standard InChI is InChI=1S/C47H32N2OS/c1-2-10-31-26-39-32(25-30(31)9-1)21-23-34(35-11-3-4-12-36(35)39)28-17-19-29(20-18-28)44-46-45(38-14-5-7-15-41(38)50-46)49-47(48-44)33-22-24-43-40(27-33)37-13-6-8-16-42(37)51-43/h1-20,22,24-27,34,44H,21,23H2,(H,48,49). The Hall–Kier alpha value is -5.97. The van der Waals surface area contributed by atoms with E-state index in [1.807, 2.05) is 23.5 Å². The van der Waals surface area contributed by atoms with Crippen LogP contribution >= 0.6 is 11.3 Å². The third-order valence-corrected chi connectivity index (χ3v) is 12.1. The maximum Gasteiger partial charge on any atom is 0.157 e. The van der Waals surface area contributed by atoms with Gasteiger partial charge in [0, 0.05) is 37.0 Å². The minimum absolute atomic E-state index is 0.272. The molecular weight excluding hydrogens is 641 g/mol. The van der Waals surface area contributed by atoms with Crippen LogP contribution in [0.2, 0.25) is 0 Å². The van der Waals surface area contributed by atoms with E-state index in [0.29, 0.717) is 5.92 Å².